The van der Waals surface area contributed by atoms with Crippen LogP contribution in [0.5, 0.6) is 0 Å². The maximum atomic E-state index is 12.1. The van der Waals surface area contributed by atoms with E-state index in [1.54, 1.807) is 0 Å². The summed E-state index contributed by atoms with van der Waals surface area (Å²) in [5.74, 6) is 0.848. The van der Waals surface area contributed by atoms with Crippen molar-refractivity contribution in [3.63, 3.8) is 0 Å². The first kappa shape index (κ1) is 15.1. The first-order valence-electron chi connectivity index (χ1n) is 8.42. The van der Waals surface area contributed by atoms with Crippen LogP contribution in [0.25, 0.3) is 0 Å². The Hall–Kier alpha value is -1.84. The third-order valence-corrected chi connectivity index (χ3v) is 4.73. The summed E-state index contributed by atoms with van der Waals surface area (Å²) in [6, 6.07) is 7.61. The standard InChI is InChI=1S/C18H24N2O2/c21-17(13-14-5-2-1-3-6-14)19-15-8-10-16(11-9-15)20-12-4-7-18(20)22/h8-11,14H,1-7,12-13H2,(H,19,21). The zero-order valence-electron chi connectivity index (χ0n) is 13.0. The first-order valence-corrected chi connectivity index (χ1v) is 8.42. The summed E-state index contributed by atoms with van der Waals surface area (Å²) in [6.45, 7) is 0.798. The number of carbonyl (C=O) groups excluding carboxylic acids is 2. The van der Waals surface area contributed by atoms with Crippen LogP contribution in [0.2, 0.25) is 0 Å². The van der Waals surface area contributed by atoms with E-state index in [-0.39, 0.29) is 11.8 Å². The predicted octanol–water partition coefficient (Wildman–Crippen LogP) is 3.72. The van der Waals surface area contributed by atoms with E-state index < -0.39 is 0 Å². The summed E-state index contributed by atoms with van der Waals surface area (Å²) in [5, 5.41) is 2.98. The highest BCUT2D eigenvalue weighted by Crippen LogP contribution is 2.27. The molecule has 1 heterocycles. The SMILES string of the molecule is O=C(CC1CCCCC1)Nc1ccc(N2CCCC2=O)cc1. The van der Waals surface area contributed by atoms with E-state index in [0.29, 0.717) is 18.8 Å². The monoisotopic (exact) mass is 300 g/mol. The molecule has 118 valence electrons. The third kappa shape index (κ3) is 3.67. The van der Waals surface area contributed by atoms with Gasteiger partial charge in [0, 0.05) is 30.8 Å². The Balaban J connectivity index is 1.54. The molecule has 0 atom stereocenters. The number of benzene rings is 1. The summed E-state index contributed by atoms with van der Waals surface area (Å²) in [4.78, 5) is 25.6. The Labute approximate surface area is 131 Å². The Morgan fingerprint density at radius 2 is 1.82 bits per heavy atom. The van der Waals surface area contributed by atoms with Crippen LogP contribution in [0.3, 0.4) is 0 Å². The van der Waals surface area contributed by atoms with Crippen LogP contribution in [0.4, 0.5) is 11.4 Å². The number of hydrogen-bond acceptors (Lipinski definition) is 2. The molecule has 2 amide bonds. The molecule has 1 aliphatic heterocycles. The molecule has 0 radical (unpaired) electrons. The molecule has 22 heavy (non-hydrogen) atoms. The minimum absolute atomic E-state index is 0.108. The molecule has 1 aromatic carbocycles. The lowest BCUT2D eigenvalue weighted by atomic mass is 9.87. The van der Waals surface area contributed by atoms with Crippen molar-refractivity contribution in [3.8, 4) is 0 Å². The van der Waals surface area contributed by atoms with Gasteiger partial charge in [-0.3, -0.25) is 9.59 Å². The second kappa shape index (κ2) is 6.95. The number of nitrogens with zero attached hydrogens (tertiary/aromatic N) is 1. The molecule has 1 aliphatic carbocycles. The predicted molar refractivity (Wildman–Crippen MR) is 87.9 cm³/mol. The van der Waals surface area contributed by atoms with Gasteiger partial charge in [0.2, 0.25) is 11.8 Å². The van der Waals surface area contributed by atoms with E-state index >= 15 is 0 Å². The minimum atomic E-state index is 0.108. The van der Waals surface area contributed by atoms with Crippen molar-refractivity contribution in [2.45, 2.75) is 51.4 Å². The Morgan fingerprint density at radius 3 is 2.45 bits per heavy atom. The maximum absolute atomic E-state index is 12.1. The van der Waals surface area contributed by atoms with Crippen molar-refractivity contribution in [3.05, 3.63) is 24.3 Å². The molecular weight excluding hydrogens is 276 g/mol. The van der Waals surface area contributed by atoms with Gasteiger partial charge in [0.25, 0.3) is 0 Å². The largest absolute Gasteiger partial charge is 0.326 e. The van der Waals surface area contributed by atoms with Crippen molar-refractivity contribution in [2.75, 3.05) is 16.8 Å². The van der Waals surface area contributed by atoms with Crippen LogP contribution in [0.15, 0.2) is 24.3 Å². The number of carbonyl (C=O) groups is 2. The lowest BCUT2D eigenvalue weighted by molar-refractivity contribution is -0.118. The van der Waals surface area contributed by atoms with Crippen molar-refractivity contribution < 1.29 is 9.59 Å². The smallest absolute Gasteiger partial charge is 0.227 e. The molecule has 4 nitrogen and oxygen atoms in total. The first-order chi connectivity index (χ1) is 10.7. The van der Waals surface area contributed by atoms with Gasteiger partial charge in [-0.25, -0.2) is 0 Å². The van der Waals surface area contributed by atoms with Gasteiger partial charge in [-0.2, -0.15) is 0 Å². The number of amides is 2. The fourth-order valence-corrected chi connectivity index (χ4v) is 3.51. The summed E-state index contributed by atoms with van der Waals surface area (Å²) in [7, 11) is 0. The topological polar surface area (TPSA) is 49.4 Å². The van der Waals surface area contributed by atoms with Gasteiger partial charge in [0.05, 0.1) is 0 Å². The zero-order chi connectivity index (χ0) is 15.4. The molecule has 4 heteroatoms. The highest BCUT2D eigenvalue weighted by Gasteiger charge is 2.21. The van der Waals surface area contributed by atoms with Gasteiger partial charge in [0.1, 0.15) is 0 Å². The van der Waals surface area contributed by atoms with Crippen LogP contribution < -0.4 is 10.2 Å². The van der Waals surface area contributed by atoms with E-state index in [1.807, 2.05) is 29.2 Å². The maximum Gasteiger partial charge on any atom is 0.227 e. The molecule has 0 unspecified atom stereocenters. The van der Waals surface area contributed by atoms with E-state index in [1.165, 1.54) is 32.1 Å². The lowest BCUT2D eigenvalue weighted by Crippen LogP contribution is -2.23. The number of nitrogens with one attached hydrogen (secondary N) is 1. The van der Waals surface area contributed by atoms with Gasteiger partial charge in [-0.15, -0.1) is 0 Å². The van der Waals surface area contributed by atoms with Gasteiger partial charge < -0.3 is 10.2 Å². The molecular formula is C18H24N2O2. The quantitative estimate of drug-likeness (QED) is 0.921. The molecule has 1 N–H and O–H groups in total. The van der Waals surface area contributed by atoms with Gasteiger partial charge >= 0.3 is 0 Å². The Kier molecular flexibility index (Phi) is 4.76. The molecule has 0 bridgehead atoms. The van der Waals surface area contributed by atoms with Crippen LogP contribution in [-0.4, -0.2) is 18.4 Å². The summed E-state index contributed by atoms with van der Waals surface area (Å²) in [5.41, 5.74) is 1.74. The fourth-order valence-electron chi connectivity index (χ4n) is 3.51. The molecule has 2 aliphatic rings. The molecule has 1 aromatic rings. The molecule has 1 saturated carbocycles. The van der Waals surface area contributed by atoms with E-state index in [4.69, 9.17) is 0 Å². The normalized spacial score (nSPS) is 19.5. The van der Waals surface area contributed by atoms with Crippen LogP contribution in [0, 0.1) is 5.92 Å². The van der Waals surface area contributed by atoms with E-state index in [9.17, 15) is 9.59 Å². The molecule has 1 saturated heterocycles. The highest BCUT2D eigenvalue weighted by atomic mass is 16.2. The second-order valence-corrected chi connectivity index (χ2v) is 6.45. The van der Waals surface area contributed by atoms with Crippen molar-refractivity contribution in [2.24, 2.45) is 5.92 Å². The average Bonchev–Trinajstić information content (AvgIpc) is 2.95. The average molecular weight is 300 g/mol. The molecule has 2 fully saturated rings. The number of hydrogen-bond donors (Lipinski definition) is 1. The third-order valence-electron chi connectivity index (χ3n) is 4.73. The van der Waals surface area contributed by atoms with Crippen molar-refractivity contribution in [1.82, 2.24) is 0 Å². The van der Waals surface area contributed by atoms with E-state index in [0.717, 1.165) is 24.3 Å². The summed E-state index contributed by atoms with van der Waals surface area (Å²) in [6.07, 6.45) is 8.40. The van der Waals surface area contributed by atoms with Crippen molar-refractivity contribution >= 4 is 23.2 Å². The fraction of sp³-hybridized carbons (Fsp3) is 0.556. The molecule has 0 spiro atoms. The van der Waals surface area contributed by atoms with Crippen LogP contribution in [-0.2, 0) is 9.59 Å². The van der Waals surface area contributed by atoms with Gasteiger partial charge in [0.15, 0.2) is 0 Å². The van der Waals surface area contributed by atoms with E-state index in [2.05, 4.69) is 5.32 Å². The van der Waals surface area contributed by atoms with Crippen molar-refractivity contribution in [1.29, 1.82) is 0 Å². The Morgan fingerprint density at radius 1 is 1.09 bits per heavy atom. The number of rotatable bonds is 4. The minimum Gasteiger partial charge on any atom is -0.326 e. The molecule has 0 aromatic heterocycles. The Bertz CT molecular complexity index is 533. The summed E-state index contributed by atoms with van der Waals surface area (Å²) < 4.78 is 0. The lowest BCUT2D eigenvalue weighted by Gasteiger charge is -2.21. The highest BCUT2D eigenvalue weighted by molar-refractivity contribution is 5.96. The van der Waals surface area contributed by atoms with Gasteiger partial charge in [-0.1, -0.05) is 19.3 Å². The second-order valence-electron chi connectivity index (χ2n) is 6.45. The summed E-state index contributed by atoms with van der Waals surface area (Å²) >= 11 is 0. The molecule has 3 rings (SSSR count). The zero-order valence-corrected chi connectivity index (χ0v) is 13.0. The van der Waals surface area contributed by atoms with Gasteiger partial charge in [-0.05, 0) is 49.4 Å². The van der Waals surface area contributed by atoms with Crippen LogP contribution in [0.1, 0.15) is 51.4 Å². The van der Waals surface area contributed by atoms with Crippen LogP contribution >= 0.6 is 0 Å². The number of anilines is 2.